The zero-order valence-electron chi connectivity index (χ0n) is 14.2. The third-order valence-corrected chi connectivity index (χ3v) is 5.58. The van der Waals surface area contributed by atoms with Crippen LogP contribution >= 0.6 is 23.4 Å². The lowest BCUT2D eigenvalue weighted by molar-refractivity contribution is -0.116. The fraction of sp³-hybridized carbons (Fsp3) is 0.444. The van der Waals surface area contributed by atoms with E-state index in [1.54, 1.807) is 0 Å². The van der Waals surface area contributed by atoms with E-state index in [2.05, 4.69) is 29.1 Å². The molecule has 6 heteroatoms. The summed E-state index contributed by atoms with van der Waals surface area (Å²) < 4.78 is 0. The van der Waals surface area contributed by atoms with E-state index in [0.29, 0.717) is 6.54 Å². The first kappa shape index (κ1) is 17.4. The first-order valence-electron chi connectivity index (χ1n) is 8.14. The first-order chi connectivity index (χ1) is 11.4. The smallest absolute Gasteiger partial charge is 0.259 e. The average molecular weight is 364 g/mol. The monoisotopic (exact) mass is 363 g/mol. The molecule has 2 aliphatic rings. The van der Waals surface area contributed by atoms with Crippen LogP contribution < -0.4 is 5.32 Å². The molecular formula is C18H22ClN3OS. The van der Waals surface area contributed by atoms with Crippen LogP contribution in [0.25, 0.3) is 0 Å². The van der Waals surface area contributed by atoms with Crippen molar-refractivity contribution in [2.45, 2.75) is 39.2 Å². The van der Waals surface area contributed by atoms with Crippen molar-refractivity contribution in [3.63, 3.8) is 0 Å². The van der Waals surface area contributed by atoms with Gasteiger partial charge in [-0.1, -0.05) is 23.7 Å². The minimum atomic E-state index is -0.0653. The number of thioether (sulfide) groups is 1. The number of carbonyl (C=O) groups excluding carboxylic acids is 1. The van der Waals surface area contributed by atoms with E-state index in [-0.39, 0.29) is 11.4 Å². The van der Waals surface area contributed by atoms with E-state index in [0.717, 1.165) is 40.2 Å². The van der Waals surface area contributed by atoms with Gasteiger partial charge in [-0.25, -0.2) is 0 Å². The van der Waals surface area contributed by atoms with Crippen LogP contribution in [0.1, 0.15) is 32.8 Å². The Labute approximate surface area is 152 Å². The van der Waals surface area contributed by atoms with Crippen molar-refractivity contribution in [1.82, 2.24) is 10.2 Å². The van der Waals surface area contributed by atoms with E-state index in [1.807, 2.05) is 31.2 Å². The zero-order chi connectivity index (χ0) is 17.3. The highest BCUT2D eigenvalue weighted by molar-refractivity contribution is 8.18. The number of rotatable bonds is 5. The van der Waals surface area contributed by atoms with Gasteiger partial charge >= 0.3 is 0 Å². The molecule has 0 fully saturated rings. The Hall–Kier alpha value is -1.46. The van der Waals surface area contributed by atoms with Crippen molar-refractivity contribution in [2.24, 2.45) is 4.99 Å². The van der Waals surface area contributed by atoms with Gasteiger partial charge in [-0.05, 0) is 63.1 Å². The number of hydrogen-bond donors (Lipinski definition) is 1. The van der Waals surface area contributed by atoms with E-state index >= 15 is 0 Å². The second kappa shape index (κ2) is 6.81. The van der Waals surface area contributed by atoms with Crippen LogP contribution in [-0.4, -0.2) is 34.6 Å². The summed E-state index contributed by atoms with van der Waals surface area (Å²) in [5.74, 6) is 0.00325. The third kappa shape index (κ3) is 3.78. The van der Waals surface area contributed by atoms with E-state index in [4.69, 9.17) is 11.6 Å². The molecule has 4 nitrogen and oxygen atoms in total. The molecule has 0 aromatic heterocycles. The Kier molecular flexibility index (Phi) is 4.92. The number of benzene rings is 1. The maximum Gasteiger partial charge on any atom is 0.259 e. The molecule has 1 amide bonds. The van der Waals surface area contributed by atoms with Crippen LogP contribution in [0.4, 0.5) is 0 Å². The maximum absolute atomic E-state index is 12.4. The second-order valence-corrected chi connectivity index (χ2v) is 8.21. The van der Waals surface area contributed by atoms with Crippen molar-refractivity contribution in [3.8, 4) is 0 Å². The summed E-state index contributed by atoms with van der Waals surface area (Å²) in [6.07, 6.45) is 1.83. The summed E-state index contributed by atoms with van der Waals surface area (Å²) in [4.78, 5) is 20.0. The van der Waals surface area contributed by atoms with Gasteiger partial charge in [0, 0.05) is 23.8 Å². The van der Waals surface area contributed by atoms with Gasteiger partial charge in [-0.15, -0.1) is 0 Å². The number of nitrogens with zero attached hydrogens (tertiary/aromatic N) is 2. The summed E-state index contributed by atoms with van der Waals surface area (Å²) >= 11 is 7.37. The number of carbonyl (C=O) groups is 1. The fourth-order valence-corrected chi connectivity index (χ4v) is 4.21. The van der Waals surface area contributed by atoms with Gasteiger partial charge < -0.3 is 10.2 Å². The first-order valence-corrected chi connectivity index (χ1v) is 9.34. The standard InChI is InChI=1S/C18H22ClN3OS/c1-12-15(24-17-21-18(2,3)11-22(12)17)16(23)20-10-4-5-13-6-8-14(19)9-7-13/h6-9H,4-5,10-11H2,1-3H3,(H,20,23). The van der Waals surface area contributed by atoms with Gasteiger partial charge in [0.25, 0.3) is 5.91 Å². The van der Waals surface area contributed by atoms with Crippen LogP contribution in [-0.2, 0) is 11.2 Å². The van der Waals surface area contributed by atoms with Crippen molar-refractivity contribution in [3.05, 3.63) is 45.5 Å². The summed E-state index contributed by atoms with van der Waals surface area (Å²) in [6, 6.07) is 7.85. The number of halogens is 1. The number of allylic oxidation sites excluding steroid dienone is 1. The highest BCUT2D eigenvalue weighted by atomic mass is 35.5. The van der Waals surface area contributed by atoms with Crippen molar-refractivity contribution >= 4 is 34.4 Å². The van der Waals surface area contributed by atoms with Crippen LogP contribution in [0.2, 0.25) is 5.02 Å². The number of hydrogen-bond acceptors (Lipinski definition) is 4. The highest BCUT2D eigenvalue weighted by Gasteiger charge is 2.39. The molecular weight excluding hydrogens is 342 g/mol. The summed E-state index contributed by atoms with van der Waals surface area (Å²) in [6.45, 7) is 7.73. The van der Waals surface area contributed by atoms with Gasteiger partial charge in [-0.2, -0.15) is 0 Å². The molecule has 0 spiro atoms. The lowest BCUT2D eigenvalue weighted by Gasteiger charge is -2.19. The third-order valence-electron chi connectivity index (χ3n) is 4.15. The zero-order valence-corrected chi connectivity index (χ0v) is 15.8. The topological polar surface area (TPSA) is 44.7 Å². The lowest BCUT2D eigenvalue weighted by atomic mass is 10.1. The number of aliphatic imine (C=N–C) groups is 1. The van der Waals surface area contributed by atoms with E-state index < -0.39 is 0 Å². The minimum Gasteiger partial charge on any atom is -0.352 e. The van der Waals surface area contributed by atoms with Gasteiger partial charge in [0.05, 0.1) is 10.4 Å². The Balaban J connectivity index is 1.49. The van der Waals surface area contributed by atoms with E-state index in [9.17, 15) is 4.79 Å². The molecule has 0 bridgehead atoms. The molecule has 1 aromatic rings. The van der Waals surface area contributed by atoms with Crippen LogP contribution in [0.15, 0.2) is 39.9 Å². The molecule has 3 rings (SSSR count). The Morgan fingerprint density at radius 2 is 2.08 bits per heavy atom. The predicted molar refractivity (Wildman–Crippen MR) is 101 cm³/mol. The Morgan fingerprint density at radius 1 is 1.38 bits per heavy atom. The van der Waals surface area contributed by atoms with Gasteiger partial charge in [0.15, 0.2) is 5.17 Å². The number of nitrogens with one attached hydrogen (secondary N) is 1. The number of amidine groups is 1. The quantitative estimate of drug-likeness (QED) is 0.809. The highest BCUT2D eigenvalue weighted by Crippen LogP contribution is 2.40. The van der Waals surface area contributed by atoms with E-state index in [1.165, 1.54) is 17.3 Å². The molecule has 24 heavy (non-hydrogen) atoms. The average Bonchev–Trinajstić information content (AvgIpc) is 2.99. The number of fused-ring (bicyclic) bond motifs is 1. The molecule has 0 atom stereocenters. The molecule has 1 aromatic carbocycles. The molecule has 2 aliphatic heterocycles. The van der Waals surface area contributed by atoms with Crippen molar-refractivity contribution in [2.75, 3.05) is 13.1 Å². The number of amides is 1. The molecule has 128 valence electrons. The molecule has 0 unspecified atom stereocenters. The molecule has 2 heterocycles. The normalized spacial score (nSPS) is 18.7. The van der Waals surface area contributed by atoms with Gasteiger partial charge in [-0.3, -0.25) is 9.79 Å². The Bertz CT molecular complexity index is 709. The summed E-state index contributed by atoms with van der Waals surface area (Å²) in [5.41, 5.74) is 2.18. The SMILES string of the molecule is CC1=C(C(=O)NCCCc2ccc(Cl)cc2)SC2=NC(C)(C)CN21. The largest absolute Gasteiger partial charge is 0.352 e. The van der Waals surface area contributed by atoms with Gasteiger partial charge in [0.2, 0.25) is 0 Å². The lowest BCUT2D eigenvalue weighted by Crippen LogP contribution is -2.29. The Morgan fingerprint density at radius 3 is 2.75 bits per heavy atom. The maximum atomic E-state index is 12.4. The van der Waals surface area contributed by atoms with Crippen LogP contribution in [0, 0.1) is 0 Å². The van der Waals surface area contributed by atoms with Crippen molar-refractivity contribution in [1.29, 1.82) is 0 Å². The second-order valence-electron chi connectivity index (χ2n) is 6.80. The van der Waals surface area contributed by atoms with Gasteiger partial charge in [0.1, 0.15) is 0 Å². The molecule has 0 aliphatic carbocycles. The minimum absolute atomic E-state index is 0.00325. The molecule has 0 saturated heterocycles. The fourth-order valence-electron chi connectivity index (χ4n) is 2.87. The van der Waals surface area contributed by atoms with Crippen LogP contribution in [0.3, 0.4) is 0 Å². The number of aryl methyl sites for hydroxylation is 1. The summed E-state index contributed by atoms with van der Waals surface area (Å²) in [7, 11) is 0. The molecule has 1 N–H and O–H groups in total. The van der Waals surface area contributed by atoms with Crippen LogP contribution in [0.5, 0.6) is 0 Å². The predicted octanol–water partition coefficient (Wildman–Crippen LogP) is 3.82. The van der Waals surface area contributed by atoms with Crippen molar-refractivity contribution < 1.29 is 4.79 Å². The molecule has 0 radical (unpaired) electrons. The molecule has 0 saturated carbocycles. The summed E-state index contributed by atoms with van der Waals surface area (Å²) in [5, 5.41) is 4.72.